The van der Waals surface area contributed by atoms with Crippen molar-refractivity contribution in [2.75, 3.05) is 11.5 Å². The Morgan fingerprint density at radius 2 is 1.17 bits per heavy atom. The van der Waals surface area contributed by atoms with Gasteiger partial charge in [0.15, 0.2) is 0 Å². The second-order valence-electron chi connectivity index (χ2n) is 6.33. The first kappa shape index (κ1) is 21.7. The topological polar surface area (TPSA) is 75.9 Å². The fourth-order valence-corrected chi connectivity index (χ4v) is 3.00. The van der Waals surface area contributed by atoms with Crippen LogP contribution in [-0.2, 0) is 0 Å². The summed E-state index contributed by atoms with van der Waals surface area (Å²) in [7, 11) is 0. The van der Waals surface area contributed by atoms with Gasteiger partial charge in [-0.3, -0.25) is 0 Å². The molecule has 0 saturated heterocycles. The Morgan fingerprint density at radius 1 is 0.724 bits per heavy atom. The van der Waals surface area contributed by atoms with Crippen LogP contribution in [0, 0.1) is 5.41 Å². The monoisotopic (exact) mass is 383 g/mol. The minimum absolute atomic E-state index is 0.743. The van der Waals surface area contributed by atoms with Crippen molar-refractivity contribution >= 4 is 23.2 Å². The van der Waals surface area contributed by atoms with Gasteiger partial charge in [0.25, 0.3) is 0 Å². The van der Waals surface area contributed by atoms with E-state index in [1.807, 2.05) is 81.5 Å². The van der Waals surface area contributed by atoms with E-state index in [1.54, 1.807) is 6.08 Å². The normalized spacial score (nSPS) is 11.1. The second-order valence-corrected chi connectivity index (χ2v) is 6.33. The first-order chi connectivity index (χ1) is 14.1. The summed E-state index contributed by atoms with van der Waals surface area (Å²) < 4.78 is 0. The Labute approximate surface area is 173 Å². The Kier molecular flexibility index (Phi) is 7.99. The summed E-state index contributed by atoms with van der Waals surface area (Å²) in [6.07, 6.45) is 7.11. The van der Waals surface area contributed by atoms with Crippen molar-refractivity contribution in [2.24, 2.45) is 0 Å². The zero-order valence-corrected chi connectivity index (χ0v) is 17.3. The average Bonchev–Trinajstić information content (AvgIpc) is 2.76. The van der Waals surface area contributed by atoms with Crippen LogP contribution in [0.5, 0.6) is 0 Å². The summed E-state index contributed by atoms with van der Waals surface area (Å²) in [5, 5.41) is 7.48. The lowest BCUT2D eigenvalue weighted by atomic mass is 9.93. The molecule has 0 aliphatic heterocycles. The molecule has 3 heteroatoms. The molecule has 3 nitrogen and oxygen atoms in total. The molecule has 0 bridgehead atoms. The predicted octanol–water partition coefficient (Wildman–Crippen LogP) is 6.82. The summed E-state index contributed by atoms with van der Waals surface area (Å²) in [6.45, 7) is 5.97. The highest BCUT2D eigenvalue weighted by atomic mass is 14.5. The third-order valence-electron chi connectivity index (χ3n) is 4.36. The van der Waals surface area contributed by atoms with E-state index < -0.39 is 0 Å². The maximum Gasteiger partial charge on any atom is 0.0314 e. The second kappa shape index (κ2) is 10.7. The highest BCUT2D eigenvalue weighted by molar-refractivity contribution is 5.90. The van der Waals surface area contributed by atoms with Crippen molar-refractivity contribution < 1.29 is 0 Å². The van der Waals surface area contributed by atoms with E-state index in [0.29, 0.717) is 0 Å². The quantitative estimate of drug-likeness (QED) is 0.257. The summed E-state index contributed by atoms with van der Waals surface area (Å²) in [6, 6.07) is 22.2. The minimum Gasteiger partial charge on any atom is -0.399 e. The van der Waals surface area contributed by atoms with Crippen LogP contribution in [0.1, 0.15) is 26.3 Å². The number of nitrogens with one attached hydrogen (secondary N) is 1. The van der Waals surface area contributed by atoms with Crippen LogP contribution in [0.2, 0.25) is 0 Å². The van der Waals surface area contributed by atoms with Gasteiger partial charge < -0.3 is 16.9 Å². The fraction of sp³-hybridized carbons (Fsp3) is 0.115. The van der Waals surface area contributed by atoms with Crippen LogP contribution < -0.4 is 11.5 Å². The zero-order chi connectivity index (χ0) is 21.2. The van der Waals surface area contributed by atoms with E-state index in [4.69, 9.17) is 16.9 Å². The molecule has 0 radical (unpaired) electrons. The summed E-state index contributed by atoms with van der Waals surface area (Å²) in [4.78, 5) is 0. The van der Waals surface area contributed by atoms with Gasteiger partial charge >= 0.3 is 0 Å². The number of rotatable bonds is 5. The summed E-state index contributed by atoms with van der Waals surface area (Å²) in [5.41, 5.74) is 19.6. The predicted molar refractivity (Wildman–Crippen MR) is 129 cm³/mol. The Hall–Kier alpha value is -3.59. The van der Waals surface area contributed by atoms with Gasteiger partial charge in [0.2, 0.25) is 0 Å². The number of nitrogens with two attached hydrogens (primary N) is 2. The number of hydrogen-bond donors (Lipinski definition) is 3. The first-order valence-electron chi connectivity index (χ1n) is 9.81. The third kappa shape index (κ3) is 5.69. The van der Waals surface area contributed by atoms with Crippen molar-refractivity contribution in [2.45, 2.75) is 20.8 Å². The van der Waals surface area contributed by atoms with Crippen LogP contribution in [-0.4, -0.2) is 6.21 Å². The van der Waals surface area contributed by atoms with Crippen molar-refractivity contribution in [3.63, 3.8) is 0 Å². The van der Waals surface area contributed by atoms with Crippen LogP contribution in [0.25, 0.3) is 27.8 Å². The van der Waals surface area contributed by atoms with Crippen LogP contribution >= 0.6 is 0 Å². The molecule has 0 unspecified atom stereocenters. The largest absolute Gasteiger partial charge is 0.399 e. The molecule has 5 N–H and O–H groups in total. The molecule has 3 aromatic rings. The zero-order valence-electron chi connectivity index (χ0n) is 17.3. The van der Waals surface area contributed by atoms with Crippen molar-refractivity contribution in [1.29, 1.82) is 5.41 Å². The van der Waals surface area contributed by atoms with E-state index in [1.165, 1.54) is 6.21 Å². The molecule has 0 aliphatic carbocycles. The average molecular weight is 384 g/mol. The van der Waals surface area contributed by atoms with Gasteiger partial charge in [-0.05, 0) is 88.9 Å². The van der Waals surface area contributed by atoms with E-state index >= 15 is 0 Å². The number of anilines is 2. The number of hydrogen-bond acceptors (Lipinski definition) is 3. The van der Waals surface area contributed by atoms with Crippen LogP contribution in [0.15, 0.2) is 85.0 Å². The van der Waals surface area contributed by atoms with E-state index in [9.17, 15) is 0 Å². The molecule has 0 heterocycles. The lowest BCUT2D eigenvalue weighted by molar-refractivity contribution is 1.50. The van der Waals surface area contributed by atoms with Gasteiger partial charge in [-0.1, -0.05) is 50.3 Å². The van der Waals surface area contributed by atoms with E-state index in [2.05, 4.69) is 18.2 Å². The molecule has 148 valence electrons. The molecule has 0 fully saturated rings. The van der Waals surface area contributed by atoms with E-state index in [-0.39, 0.29) is 0 Å². The minimum atomic E-state index is 0.743. The van der Waals surface area contributed by atoms with Gasteiger partial charge in [-0.2, -0.15) is 0 Å². The molecule has 3 aromatic carbocycles. The lowest BCUT2D eigenvalue weighted by Crippen LogP contribution is -1.90. The van der Waals surface area contributed by atoms with Crippen molar-refractivity contribution in [1.82, 2.24) is 0 Å². The molecule has 3 rings (SSSR count). The molecule has 0 saturated carbocycles. The third-order valence-corrected chi connectivity index (χ3v) is 4.36. The molecule has 0 aliphatic rings. The van der Waals surface area contributed by atoms with Crippen molar-refractivity contribution in [3.05, 3.63) is 90.5 Å². The maximum absolute atomic E-state index is 7.48. The molecule has 0 spiro atoms. The van der Waals surface area contributed by atoms with Crippen molar-refractivity contribution in [3.8, 4) is 22.3 Å². The number of benzene rings is 3. The molecule has 0 atom stereocenters. The number of nitrogen functional groups attached to an aromatic ring is 2. The highest BCUT2D eigenvalue weighted by Gasteiger charge is 2.08. The van der Waals surface area contributed by atoms with Crippen LogP contribution in [0.4, 0.5) is 11.4 Å². The van der Waals surface area contributed by atoms with E-state index in [0.717, 1.165) is 44.8 Å². The molecule has 0 amide bonds. The molecule has 29 heavy (non-hydrogen) atoms. The molecule has 0 aromatic heterocycles. The van der Waals surface area contributed by atoms with Gasteiger partial charge in [-0.25, -0.2) is 0 Å². The Morgan fingerprint density at radius 3 is 1.55 bits per heavy atom. The first-order valence-corrected chi connectivity index (χ1v) is 9.81. The smallest absolute Gasteiger partial charge is 0.0314 e. The lowest BCUT2D eigenvalue weighted by Gasteiger charge is -2.12. The SMILES string of the molecule is C/C=C\C(=C/C=N)c1cc(-c2ccc(N)cc2)cc(-c2ccc(N)cc2)c1.CC. The molecular weight excluding hydrogens is 354 g/mol. The number of allylic oxidation sites excluding steroid dienone is 4. The summed E-state index contributed by atoms with van der Waals surface area (Å²) in [5.74, 6) is 0. The van der Waals surface area contributed by atoms with Crippen LogP contribution in [0.3, 0.4) is 0 Å². The highest BCUT2D eigenvalue weighted by Crippen LogP contribution is 2.32. The standard InChI is InChI=1S/C24H23N3.C2H6/c1-2-3-17(12-13-25)20-14-21(18-4-8-23(26)9-5-18)16-22(15-20)19-6-10-24(27)11-7-19;1-2/h2-16,25H,26-27H2,1H3;1-2H3/b3-2-,17-12+,25-13?;. The maximum atomic E-state index is 7.48. The molecular formula is C26H29N3. The van der Waals surface area contributed by atoms with Gasteiger partial charge in [0, 0.05) is 17.6 Å². The van der Waals surface area contributed by atoms with Gasteiger partial charge in [0.1, 0.15) is 0 Å². The van der Waals surface area contributed by atoms with Gasteiger partial charge in [0.05, 0.1) is 0 Å². The summed E-state index contributed by atoms with van der Waals surface area (Å²) >= 11 is 0. The van der Waals surface area contributed by atoms with Gasteiger partial charge in [-0.15, -0.1) is 0 Å². The fourth-order valence-electron chi connectivity index (χ4n) is 3.00. The Balaban J connectivity index is 0.00000145. The Bertz CT molecular complexity index is 931.